The van der Waals surface area contributed by atoms with Crippen LogP contribution in [0.3, 0.4) is 0 Å². The highest BCUT2D eigenvalue weighted by molar-refractivity contribution is 7.00. The van der Waals surface area contributed by atoms with E-state index in [4.69, 9.17) is 94.9 Å². The lowest BCUT2D eigenvalue weighted by atomic mass is 10.4. The fourth-order valence-corrected chi connectivity index (χ4v) is 46.8. The second-order valence-corrected chi connectivity index (χ2v) is 53.3. The number of hydrogen-bond acceptors (Lipinski definition) is 22. The zero-order valence-electron chi connectivity index (χ0n) is 67.8. The molecule has 22 nitrogen and oxygen atoms in total. The van der Waals surface area contributed by atoms with Crippen LogP contribution in [-0.2, 0) is 94.9 Å². The molecule has 0 saturated carbocycles. The Hall–Kier alpha value is -4.52. The van der Waals surface area contributed by atoms with Gasteiger partial charge in [0.1, 0.15) is 0 Å². The monoisotopic (exact) mass is 1720 g/mol. The normalized spacial score (nSPS) is 12.8. The van der Waals surface area contributed by atoms with Crippen LogP contribution in [0.5, 0.6) is 0 Å². The lowest BCUT2D eigenvalue weighted by molar-refractivity contribution is 0.0625. The highest BCUT2D eigenvalue weighted by Gasteiger charge is 2.52. The van der Waals surface area contributed by atoms with Gasteiger partial charge in [-0.05, 0) is 138 Å². The van der Waals surface area contributed by atoms with E-state index >= 15 is 0 Å². The van der Waals surface area contributed by atoms with E-state index in [1.807, 2.05) is 315 Å². The van der Waals surface area contributed by atoms with Crippen LogP contribution in [0.25, 0.3) is 0 Å². The maximum absolute atomic E-state index is 6.91. The summed E-state index contributed by atoms with van der Waals surface area (Å²) in [6.07, 6.45) is -0.146. The van der Waals surface area contributed by atoms with Gasteiger partial charge in [0.2, 0.25) is 0 Å². The van der Waals surface area contributed by atoms with Gasteiger partial charge < -0.3 is 94.9 Å². The van der Waals surface area contributed by atoms with Gasteiger partial charge in [-0.15, -0.1) is 0 Å². The Bertz CT molecular complexity index is 3330. The Labute approximate surface area is 674 Å². The van der Waals surface area contributed by atoms with Crippen LogP contribution in [0.4, 0.5) is 0 Å². The minimum Gasteiger partial charge on any atom is -0.411 e. The van der Waals surface area contributed by atoms with E-state index in [9.17, 15) is 0 Å². The predicted molar refractivity (Wildman–Crippen MR) is 463 cm³/mol. The number of rotatable bonds is 46. The third kappa shape index (κ3) is 30.9. The average Bonchev–Trinajstić information content (AvgIpc) is 0.792. The van der Waals surface area contributed by atoms with E-state index in [2.05, 4.69) is 24.3 Å². The van der Waals surface area contributed by atoms with Gasteiger partial charge in [-0.3, -0.25) is 0 Å². The topological polar surface area (TPSA) is 203 Å². The van der Waals surface area contributed by atoms with Gasteiger partial charge in [0.05, 0.1) is 0 Å². The molecule has 34 heteroatoms. The second kappa shape index (κ2) is 52.9. The molecular formula is C76H120O22Si12. The fraction of sp³-hybridized carbons (Fsp3) is 0.368. The summed E-state index contributed by atoms with van der Waals surface area (Å²) in [5.74, 6) is 0. The molecule has 0 N–H and O–H groups in total. The quantitative estimate of drug-likeness (QED) is 0.0359. The summed E-state index contributed by atoms with van der Waals surface area (Å²) in [5, 5.41) is 7.92. The Morgan fingerprint density at radius 3 is 0.518 bits per heavy atom. The van der Waals surface area contributed by atoms with Gasteiger partial charge >= 0.3 is 110 Å². The first-order valence-corrected chi connectivity index (χ1v) is 57.2. The molecule has 0 bridgehead atoms. The Morgan fingerprint density at radius 1 is 0.218 bits per heavy atom. The van der Waals surface area contributed by atoms with Gasteiger partial charge in [0.15, 0.2) is 0 Å². The highest BCUT2D eigenvalue weighted by atomic mass is 28.5. The van der Waals surface area contributed by atoms with Crippen molar-refractivity contribution in [1.82, 2.24) is 0 Å². The van der Waals surface area contributed by atoms with Crippen molar-refractivity contribution in [3.05, 3.63) is 243 Å². The Kier molecular flexibility index (Phi) is 46.2. The number of benzene rings is 8. The molecule has 110 heavy (non-hydrogen) atoms. The number of hydrogen-bond donors (Lipinski definition) is 0. The van der Waals surface area contributed by atoms with Crippen LogP contribution in [0.1, 0.15) is 83.1 Å². The van der Waals surface area contributed by atoms with E-state index in [1.165, 1.54) is 0 Å². The molecule has 0 saturated heterocycles. The molecule has 604 valence electrons. The summed E-state index contributed by atoms with van der Waals surface area (Å²) < 4.78 is 134. The van der Waals surface area contributed by atoms with Crippen LogP contribution in [0.2, 0.25) is 13.1 Å². The molecule has 0 heterocycles. The van der Waals surface area contributed by atoms with E-state index in [0.717, 1.165) is 41.5 Å². The van der Waals surface area contributed by atoms with Crippen molar-refractivity contribution >= 4 is 151 Å². The van der Waals surface area contributed by atoms with Crippen LogP contribution in [0, 0.1) is 0 Å². The molecule has 0 aliphatic heterocycles. The molecule has 2 atom stereocenters. The predicted octanol–water partition coefficient (Wildman–Crippen LogP) is 6.83. The molecule has 2 unspecified atom stereocenters. The summed E-state index contributed by atoms with van der Waals surface area (Å²) >= 11 is 0. The van der Waals surface area contributed by atoms with Gasteiger partial charge in [-0.2, -0.15) is 0 Å². The van der Waals surface area contributed by atoms with E-state index < -0.39 is 110 Å². The second-order valence-electron chi connectivity index (χ2n) is 25.2. The summed E-state index contributed by atoms with van der Waals surface area (Å²) in [6, 6.07) is 80.3. The molecule has 0 spiro atoms. The van der Waals surface area contributed by atoms with Gasteiger partial charge in [-0.1, -0.05) is 243 Å². The van der Waals surface area contributed by atoms with Crippen molar-refractivity contribution in [1.29, 1.82) is 0 Å². The van der Waals surface area contributed by atoms with Crippen LogP contribution in [-0.4, -0.2) is 203 Å². The smallest absolute Gasteiger partial charge is 0.411 e. The zero-order valence-corrected chi connectivity index (χ0v) is 81.1. The summed E-state index contributed by atoms with van der Waals surface area (Å²) in [4.78, 5) is 0. The van der Waals surface area contributed by atoms with Crippen molar-refractivity contribution in [3.63, 3.8) is 0 Å². The van der Waals surface area contributed by atoms with Crippen LogP contribution in [0.15, 0.2) is 243 Å². The van der Waals surface area contributed by atoms with E-state index in [1.54, 1.807) is 42.7 Å². The van der Waals surface area contributed by atoms with E-state index in [0.29, 0.717) is 26.4 Å². The lowest BCUT2D eigenvalue weighted by Crippen LogP contribution is -2.68. The molecule has 8 rings (SSSR count). The van der Waals surface area contributed by atoms with Crippen molar-refractivity contribution in [2.24, 2.45) is 0 Å². The van der Waals surface area contributed by atoms with Crippen molar-refractivity contribution in [3.8, 4) is 0 Å². The summed E-state index contributed by atoms with van der Waals surface area (Å²) in [6.45, 7) is 29.8. The average molecular weight is 1720 g/mol. The largest absolute Gasteiger partial charge is 0.476 e. The lowest BCUT2D eigenvalue weighted by Gasteiger charge is -2.37. The van der Waals surface area contributed by atoms with E-state index in [-0.39, 0.29) is 24.4 Å². The maximum atomic E-state index is 6.91. The van der Waals surface area contributed by atoms with Crippen molar-refractivity contribution < 1.29 is 94.9 Å². The highest BCUT2D eigenvalue weighted by Crippen LogP contribution is 2.22. The molecular weight excluding hydrogens is 1600 g/mol. The molecule has 0 radical (unpaired) electrons. The molecule has 0 aliphatic carbocycles. The zero-order chi connectivity index (χ0) is 80.2. The standard InChI is InChI=1S/C24H40O6Si3.C20H32O6Si3.C16H24O6Si3.C16H24O4Si3/c1-19(2)25-31(26-20(3)4)29-33(23-15-11-9-12-16-23,24-17-13-10-14-18-24)30-32(27-21(5)6)28-22(7)8;1-5-21-27(22-6-2)25-29(19-15-11-9-12-16-19,20-17-13-10-14-18-20)26-28(23-7-3)24-8-4;1-17-23(18-2)21-25(22-24(19-3)20-4,15-11-7-5-8-12-15)16-13-9-6-10-14-16;1-17-21(3)19-23(20-22(4)18-2,15-11-7-5-8-12-15)16-13-9-6-10-14-16/h9-22,31-32H,1-8H3;9-18,27-28H,5-8H2,1-4H3;5-14,23-24H,1-4H3;5-14,21-22H,1-4H3. The molecule has 0 amide bonds. The Morgan fingerprint density at radius 2 is 0.373 bits per heavy atom. The minimum absolute atomic E-state index is 0.0365. The minimum atomic E-state index is -3.32. The molecule has 0 aliphatic rings. The first-order valence-electron chi connectivity index (χ1n) is 37.3. The van der Waals surface area contributed by atoms with Crippen molar-refractivity contribution in [2.75, 3.05) is 69.1 Å². The first-order chi connectivity index (χ1) is 53.1. The van der Waals surface area contributed by atoms with Gasteiger partial charge in [0.25, 0.3) is 0 Å². The maximum Gasteiger partial charge on any atom is 0.476 e. The van der Waals surface area contributed by atoms with Crippen molar-refractivity contribution in [2.45, 2.75) is 121 Å². The first kappa shape index (κ1) is 96.1. The molecule has 0 fully saturated rings. The van der Waals surface area contributed by atoms with Gasteiger partial charge in [0, 0.05) is 93.5 Å². The molecule has 0 aromatic heterocycles. The fourth-order valence-electron chi connectivity index (χ4n) is 10.7. The van der Waals surface area contributed by atoms with Crippen LogP contribution >= 0.6 is 0 Å². The summed E-state index contributed by atoms with van der Waals surface area (Å²) in [5.41, 5.74) is 0. The van der Waals surface area contributed by atoms with Crippen LogP contribution < -0.4 is 41.5 Å². The third-order valence-corrected chi connectivity index (χ3v) is 50.6. The Balaban J connectivity index is 0.000000265. The third-order valence-electron chi connectivity index (χ3n) is 15.6. The summed E-state index contributed by atoms with van der Waals surface area (Å²) in [7, 11) is -21.3. The molecule has 8 aromatic rings. The van der Waals surface area contributed by atoms with Gasteiger partial charge in [-0.25, -0.2) is 0 Å². The SMILES string of the molecule is CC(C)O[SiH](OC(C)C)O[Si](O[SiH](OC(C)C)OC(C)C)(c1ccccc1)c1ccccc1.CCO[SiH](OCC)O[Si](O[SiH](OCC)OCC)(c1ccccc1)c1ccccc1.CO[SiH](C)O[Si](O[SiH](C)OC)(c1ccccc1)c1ccccc1.CO[SiH](OC)O[Si](O[SiH](OC)OC)(c1ccccc1)c1ccccc1. The molecule has 8 aromatic carbocycles.